The molecule has 1 heterocycles. The first-order valence-electron chi connectivity index (χ1n) is 3.67. The first kappa shape index (κ1) is 8.20. The molecule has 13 heavy (non-hydrogen) atoms. The van der Waals surface area contributed by atoms with E-state index in [4.69, 9.17) is 5.26 Å². The first-order valence-corrected chi connectivity index (χ1v) is 4.46. The van der Waals surface area contributed by atoms with Crippen LogP contribution in [0.1, 0.15) is 0 Å². The van der Waals surface area contributed by atoms with Crippen molar-refractivity contribution in [2.24, 2.45) is 0 Å². The topological polar surface area (TPSA) is 54.5 Å². The standard InChI is InChI=1S/C8H5BrN4/c9-6-1-2-7-8(5-6)12-13(11-7)4-3-10/h1-2,5H,4H2. The second-order valence-electron chi connectivity index (χ2n) is 2.52. The maximum absolute atomic E-state index is 8.44. The van der Waals surface area contributed by atoms with Crippen molar-refractivity contribution in [3.05, 3.63) is 22.7 Å². The smallest absolute Gasteiger partial charge is 0.147 e. The highest BCUT2D eigenvalue weighted by Crippen LogP contribution is 2.15. The quantitative estimate of drug-likeness (QED) is 0.758. The molecule has 0 atom stereocenters. The monoisotopic (exact) mass is 236 g/mol. The molecule has 0 aliphatic rings. The van der Waals surface area contributed by atoms with Crippen LogP contribution in [0.25, 0.3) is 11.0 Å². The number of nitrogens with zero attached hydrogens (tertiary/aromatic N) is 4. The van der Waals surface area contributed by atoms with Crippen LogP contribution in [-0.4, -0.2) is 15.0 Å². The van der Waals surface area contributed by atoms with Crippen molar-refractivity contribution in [3.8, 4) is 6.07 Å². The molecule has 0 saturated carbocycles. The van der Waals surface area contributed by atoms with E-state index in [2.05, 4.69) is 26.1 Å². The summed E-state index contributed by atoms with van der Waals surface area (Å²) in [5, 5.41) is 16.7. The van der Waals surface area contributed by atoms with E-state index in [-0.39, 0.29) is 6.54 Å². The molecule has 2 rings (SSSR count). The van der Waals surface area contributed by atoms with E-state index in [0.29, 0.717) is 0 Å². The van der Waals surface area contributed by atoms with Gasteiger partial charge < -0.3 is 0 Å². The molecule has 1 aromatic carbocycles. The predicted octanol–water partition coefficient (Wildman–Crippen LogP) is 1.72. The van der Waals surface area contributed by atoms with Crippen LogP contribution in [0.2, 0.25) is 0 Å². The number of aromatic nitrogens is 3. The number of hydrogen-bond acceptors (Lipinski definition) is 3. The third-order valence-corrected chi connectivity index (χ3v) is 2.09. The zero-order valence-corrected chi connectivity index (χ0v) is 8.19. The van der Waals surface area contributed by atoms with Crippen LogP contribution in [-0.2, 0) is 6.54 Å². The molecule has 2 aromatic rings. The van der Waals surface area contributed by atoms with Gasteiger partial charge >= 0.3 is 0 Å². The number of fused-ring (bicyclic) bond motifs is 1. The van der Waals surface area contributed by atoms with Gasteiger partial charge in [0.1, 0.15) is 17.6 Å². The van der Waals surface area contributed by atoms with E-state index in [1.165, 1.54) is 4.80 Å². The fourth-order valence-electron chi connectivity index (χ4n) is 1.07. The first-order chi connectivity index (χ1) is 6.29. The summed E-state index contributed by atoms with van der Waals surface area (Å²) in [7, 11) is 0. The van der Waals surface area contributed by atoms with Crippen LogP contribution in [0, 0.1) is 11.3 Å². The van der Waals surface area contributed by atoms with Gasteiger partial charge in [-0.1, -0.05) is 15.9 Å². The van der Waals surface area contributed by atoms with Gasteiger partial charge in [-0.15, -0.1) is 0 Å². The Labute approximate surface area is 82.9 Å². The fraction of sp³-hybridized carbons (Fsp3) is 0.125. The highest BCUT2D eigenvalue weighted by Gasteiger charge is 2.01. The average Bonchev–Trinajstić information content (AvgIpc) is 2.46. The summed E-state index contributed by atoms with van der Waals surface area (Å²) in [5.74, 6) is 0. The van der Waals surface area contributed by atoms with Crippen LogP contribution in [0.3, 0.4) is 0 Å². The lowest BCUT2D eigenvalue weighted by atomic mass is 10.3. The summed E-state index contributed by atoms with van der Waals surface area (Å²) in [6.45, 7) is 0.187. The zero-order chi connectivity index (χ0) is 9.26. The van der Waals surface area contributed by atoms with Gasteiger partial charge in [0.15, 0.2) is 0 Å². The summed E-state index contributed by atoms with van der Waals surface area (Å²) in [4.78, 5) is 1.39. The number of benzene rings is 1. The van der Waals surface area contributed by atoms with Crippen molar-refractivity contribution < 1.29 is 0 Å². The normalized spacial score (nSPS) is 10.2. The van der Waals surface area contributed by atoms with E-state index < -0.39 is 0 Å². The summed E-state index contributed by atoms with van der Waals surface area (Å²) < 4.78 is 0.962. The Bertz CT molecular complexity index is 482. The van der Waals surface area contributed by atoms with Crippen molar-refractivity contribution in [1.82, 2.24) is 15.0 Å². The van der Waals surface area contributed by atoms with Crippen molar-refractivity contribution in [1.29, 1.82) is 5.26 Å². The Balaban J connectivity index is 2.57. The fourth-order valence-corrected chi connectivity index (χ4v) is 1.42. The molecule has 4 nitrogen and oxygen atoms in total. The van der Waals surface area contributed by atoms with Crippen molar-refractivity contribution in [2.75, 3.05) is 0 Å². The molecular formula is C8H5BrN4. The molecule has 0 radical (unpaired) electrons. The Morgan fingerprint density at radius 1 is 1.38 bits per heavy atom. The Morgan fingerprint density at radius 3 is 2.92 bits per heavy atom. The van der Waals surface area contributed by atoms with Gasteiger partial charge in [0, 0.05) is 4.47 Å². The number of nitriles is 1. The zero-order valence-electron chi connectivity index (χ0n) is 6.61. The van der Waals surface area contributed by atoms with Crippen LogP contribution in [0.4, 0.5) is 0 Å². The molecule has 64 valence electrons. The van der Waals surface area contributed by atoms with Gasteiger partial charge in [0.25, 0.3) is 0 Å². The highest BCUT2D eigenvalue weighted by molar-refractivity contribution is 9.10. The van der Waals surface area contributed by atoms with Crippen LogP contribution >= 0.6 is 15.9 Å². The second kappa shape index (κ2) is 3.15. The van der Waals surface area contributed by atoms with Gasteiger partial charge in [-0.25, -0.2) is 0 Å². The van der Waals surface area contributed by atoms with Gasteiger partial charge in [-0.2, -0.15) is 20.3 Å². The number of rotatable bonds is 1. The van der Waals surface area contributed by atoms with E-state index in [1.807, 2.05) is 24.3 Å². The second-order valence-corrected chi connectivity index (χ2v) is 3.44. The molecule has 5 heteroatoms. The molecule has 0 spiro atoms. The van der Waals surface area contributed by atoms with E-state index >= 15 is 0 Å². The summed E-state index contributed by atoms with van der Waals surface area (Å²) in [5.41, 5.74) is 1.60. The third-order valence-electron chi connectivity index (χ3n) is 1.60. The lowest BCUT2D eigenvalue weighted by molar-refractivity contribution is 0.618. The van der Waals surface area contributed by atoms with Crippen molar-refractivity contribution in [3.63, 3.8) is 0 Å². The largest absolute Gasteiger partial charge is 0.196 e. The molecule has 0 bridgehead atoms. The molecule has 0 fully saturated rings. The predicted molar refractivity (Wildman–Crippen MR) is 50.8 cm³/mol. The minimum absolute atomic E-state index is 0.187. The van der Waals surface area contributed by atoms with Crippen molar-refractivity contribution >= 4 is 27.0 Å². The lowest BCUT2D eigenvalue weighted by Gasteiger charge is -1.85. The van der Waals surface area contributed by atoms with Crippen LogP contribution in [0.5, 0.6) is 0 Å². The number of hydrogen-bond donors (Lipinski definition) is 0. The highest BCUT2D eigenvalue weighted by atomic mass is 79.9. The summed E-state index contributed by atoms with van der Waals surface area (Å²) in [6.07, 6.45) is 0. The third kappa shape index (κ3) is 1.53. The van der Waals surface area contributed by atoms with E-state index in [1.54, 1.807) is 0 Å². The summed E-state index contributed by atoms with van der Waals surface area (Å²) in [6, 6.07) is 7.61. The van der Waals surface area contributed by atoms with Crippen LogP contribution in [0.15, 0.2) is 22.7 Å². The molecule has 0 unspecified atom stereocenters. The van der Waals surface area contributed by atoms with Crippen LogP contribution < -0.4 is 0 Å². The molecule has 0 saturated heterocycles. The van der Waals surface area contributed by atoms with E-state index in [0.717, 1.165) is 15.5 Å². The summed E-state index contributed by atoms with van der Waals surface area (Å²) >= 11 is 3.34. The van der Waals surface area contributed by atoms with Gasteiger partial charge in [-0.3, -0.25) is 0 Å². The molecule has 0 aliphatic carbocycles. The molecule has 0 N–H and O–H groups in total. The van der Waals surface area contributed by atoms with Gasteiger partial charge in [0.2, 0.25) is 0 Å². The molecular weight excluding hydrogens is 232 g/mol. The molecule has 1 aromatic heterocycles. The Hall–Kier alpha value is -1.41. The average molecular weight is 237 g/mol. The lowest BCUT2D eigenvalue weighted by Crippen LogP contribution is -1.98. The minimum Gasteiger partial charge on any atom is -0.196 e. The Kier molecular flexibility index (Phi) is 1.99. The van der Waals surface area contributed by atoms with Crippen molar-refractivity contribution in [2.45, 2.75) is 6.54 Å². The maximum atomic E-state index is 8.44. The SMILES string of the molecule is N#CCn1nc2ccc(Br)cc2n1. The number of halogens is 1. The van der Waals surface area contributed by atoms with Gasteiger partial charge in [0.05, 0.1) is 6.07 Å². The molecule has 0 aliphatic heterocycles. The Morgan fingerprint density at radius 2 is 2.15 bits per heavy atom. The maximum Gasteiger partial charge on any atom is 0.147 e. The minimum atomic E-state index is 0.187. The van der Waals surface area contributed by atoms with Gasteiger partial charge in [-0.05, 0) is 18.2 Å². The van der Waals surface area contributed by atoms with E-state index in [9.17, 15) is 0 Å². The molecule has 0 amide bonds.